The standard InChI is InChI=1S/C3H4N2O3/c4-3(7)8-2-5-1-6/h1-2H,(H2,4,7). The van der Waals surface area contributed by atoms with E-state index in [0.717, 1.165) is 0 Å². The molecular formula is C3H4N2O3. The molecule has 44 valence electrons. The van der Waals surface area contributed by atoms with Crippen LogP contribution >= 0.6 is 0 Å². The quantitative estimate of drug-likeness (QED) is 0.377. The summed E-state index contributed by atoms with van der Waals surface area (Å²) in [6.07, 6.45) is -0.765. The number of hydrogen-bond acceptors (Lipinski definition) is 3. The van der Waals surface area contributed by atoms with E-state index in [1.54, 1.807) is 0 Å². The average molecular weight is 116 g/mol. The normalized spacial score (nSPS) is 7.50. The largest absolute Gasteiger partial charge is 0.417 e. The second-order valence-electron chi connectivity index (χ2n) is 0.797. The number of primary amides is 1. The fourth-order valence-electron chi connectivity index (χ4n) is 0.107. The summed E-state index contributed by atoms with van der Waals surface area (Å²) in [6.45, 7) is 0.662. The fraction of sp³-hybridized carbons (Fsp3) is 0. The molecule has 5 heteroatoms. The van der Waals surface area contributed by atoms with Gasteiger partial charge < -0.3 is 10.5 Å². The van der Waals surface area contributed by atoms with E-state index in [0.29, 0.717) is 6.73 Å². The third-order valence-corrected chi connectivity index (χ3v) is 0.291. The van der Waals surface area contributed by atoms with Gasteiger partial charge in [0.25, 0.3) is 6.73 Å². The summed E-state index contributed by atoms with van der Waals surface area (Å²) >= 11 is 0. The maximum absolute atomic E-state index is 9.67. The molecule has 0 fully saturated rings. The number of ether oxygens (including phenoxy) is 1. The van der Waals surface area contributed by atoms with Crippen molar-refractivity contribution in [1.29, 1.82) is 0 Å². The summed E-state index contributed by atoms with van der Waals surface area (Å²) in [4.78, 5) is 19.0. The lowest BCUT2D eigenvalue weighted by molar-refractivity contribution is -0.109. The molecular weight excluding hydrogens is 112 g/mol. The lowest BCUT2D eigenvalue weighted by atomic mass is 11.1. The maximum Gasteiger partial charge on any atom is 0.406 e. The minimum Gasteiger partial charge on any atom is -0.417 e. The van der Waals surface area contributed by atoms with Crippen LogP contribution in [0.4, 0.5) is 4.79 Å². The van der Waals surface area contributed by atoms with E-state index in [9.17, 15) is 9.59 Å². The topological polar surface area (TPSA) is 83.5 Å². The van der Waals surface area contributed by atoms with E-state index in [2.05, 4.69) is 15.8 Å². The highest BCUT2D eigenvalue weighted by molar-refractivity contribution is 5.65. The highest BCUT2D eigenvalue weighted by Gasteiger charge is 1.90. The van der Waals surface area contributed by atoms with Gasteiger partial charge in [0.15, 0.2) is 0 Å². The van der Waals surface area contributed by atoms with Crippen LogP contribution in [-0.2, 0) is 9.53 Å². The van der Waals surface area contributed by atoms with Gasteiger partial charge >= 0.3 is 6.09 Å². The molecule has 0 bridgehead atoms. The Balaban J connectivity index is 2.93. The first-order valence-corrected chi connectivity index (χ1v) is 1.68. The molecule has 5 nitrogen and oxygen atoms in total. The molecule has 0 spiro atoms. The Bertz CT molecular complexity index is 92.5. The van der Waals surface area contributed by atoms with Crippen molar-refractivity contribution in [3.8, 4) is 0 Å². The Hall–Kier alpha value is -1.26. The summed E-state index contributed by atoms with van der Waals surface area (Å²) in [5.41, 5.74) is 4.46. The zero-order chi connectivity index (χ0) is 6.41. The van der Waals surface area contributed by atoms with Crippen molar-refractivity contribution in [1.82, 2.24) is 5.32 Å². The van der Waals surface area contributed by atoms with E-state index in [4.69, 9.17) is 0 Å². The number of amides is 2. The second kappa shape index (κ2) is 3.91. The van der Waals surface area contributed by atoms with Crippen molar-refractivity contribution >= 4 is 12.5 Å². The van der Waals surface area contributed by atoms with E-state index < -0.39 is 6.09 Å². The van der Waals surface area contributed by atoms with Crippen LogP contribution in [0.5, 0.6) is 0 Å². The molecule has 0 aliphatic rings. The molecule has 0 saturated carbocycles. The van der Waals surface area contributed by atoms with Crippen LogP contribution in [0.25, 0.3) is 0 Å². The monoisotopic (exact) mass is 116 g/mol. The van der Waals surface area contributed by atoms with E-state index in [-0.39, 0.29) is 6.41 Å². The van der Waals surface area contributed by atoms with Crippen molar-refractivity contribution in [2.24, 2.45) is 5.73 Å². The number of hydrogen-bond donors (Lipinski definition) is 1. The van der Waals surface area contributed by atoms with Crippen LogP contribution < -0.4 is 11.1 Å². The van der Waals surface area contributed by atoms with E-state index in [1.165, 1.54) is 0 Å². The molecule has 0 heterocycles. The van der Waals surface area contributed by atoms with Gasteiger partial charge in [0, 0.05) is 0 Å². The lowest BCUT2D eigenvalue weighted by Gasteiger charge is -1.91. The molecule has 0 aliphatic carbocycles. The molecule has 0 saturated heterocycles. The molecule has 0 rings (SSSR count). The molecule has 0 aromatic carbocycles. The third-order valence-electron chi connectivity index (χ3n) is 0.291. The molecule has 2 radical (unpaired) electrons. The first kappa shape index (κ1) is 6.74. The molecule has 2 N–H and O–H groups in total. The number of carbonyl (C=O) groups is 2. The van der Waals surface area contributed by atoms with Crippen molar-refractivity contribution in [2.45, 2.75) is 0 Å². The van der Waals surface area contributed by atoms with Crippen molar-refractivity contribution in [3.05, 3.63) is 6.73 Å². The van der Waals surface area contributed by atoms with Crippen molar-refractivity contribution < 1.29 is 14.3 Å². The predicted octanol–water partition coefficient (Wildman–Crippen LogP) is -1.04. The molecule has 8 heavy (non-hydrogen) atoms. The van der Waals surface area contributed by atoms with Crippen LogP contribution in [0.1, 0.15) is 0 Å². The third kappa shape index (κ3) is 4.74. The molecule has 0 aliphatic heterocycles. The van der Waals surface area contributed by atoms with E-state index >= 15 is 0 Å². The van der Waals surface area contributed by atoms with Crippen LogP contribution in [0.3, 0.4) is 0 Å². The summed E-state index contributed by atoms with van der Waals surface area (Å²) < 4.78 is 3.90. The zero-order valence-electron chi connectivity index (χ0n) is 3.90. The van der Waals surface area contributed by atoms with Gasteiger partial charge in [-0.25, -0.2) is 10.1 Å². The first-order valence-electron chi connectivity index (χ1n) is 1.68. The predicted molar refractivity (Wildman–Crippen MR) is 23.2 cm³/mol. The Morgan fingerprint density at radius 3 is 2.75 bits per heavy atom. The van der Waals surface area contributed by atoms with Gasteiger partial charge in [0.05, 0.1) is 0 Å². The lowest BCUT2D eigenvalue weighted by Crippen LogP contribution is -2.14. The Kier molecular flexibility index (Phi) is 3.30. The van der Waals surface area contributed by atoms with Gasteiger partial charge in [-0.2, -0.15) is 0 Å². The fourth-order valence-corrected chi connectivity index (χ4v) is 0.107. The average Bonchev–Trinajstić information content (AvgIpc) is 1.66. The first-order chi connectivity index (χ1) is 3.77. The summed E-state index contributed by atoms with van der Waals surface area (Å²) in [5.74, 6) is 0. The van der Waals surface area contributed by atoms with Crippen molar-refractivity contribution in [2.75, 3.05) is 0 Å². The van der Waals surface area contributed by atoms with Crippen LogP contribution in [-0.4, -0.2) is 12.5 Å². The number of nitrogens with two attached hydrogens (primary N) is 1. The molecule has 0 aromatic rings. The van der Waals surface area contributed by atoms with Crippen molar-refractivity contribution in [3.63, 3.8) is 0 Å². The molecule has 2 amide bonds. The van der Waals surface area contributed by atoms with Gasteiger partial charge in [-0.05, 0) is 0 Å². The van der Waals surface area contributed by atoms with Gasteiger partial charge in [-0.15, -0.1) is 0 Å². The van der Waals surface area contributed by atoms with Crippen LogP contribution in [0.2, 0.25) is 0 Å². The zero-order valence-corrected chi connectivity index (χ0v) is 3.90. The smallest absolute Gasteiger partial charge is 0.406 e. The highest BCUT2D eigenvalue weighted by atomic mass is 16.6. The minimum atomic E-state index is -0.990. The van der Waals surface area contributed by atoms with Gasteiger partial charge in [-0.3, -0.25) is 4.79 Å². The Morgan fingerprint density at radius 1 is 1.75 bits per heavy atom. The summed E-state index contributed by atoms with van der Waals surface area (Å²) in [5, 5.41) is 2.88. The van der Waals surface area contributed by atoms with Crippen LogP contribution in [0.15, 0.2) is 0 Å². The highest BCUT2D eigenvalue weighted by Crippen LogP contribution is 1.72. The number of nitrogens with zero attached hydrogens (tertiary/aromatic N) is 1. The molecule has 0 unspecified atom stereocenters. The van der Waals surface area contributed by atoms with Gasteiger partial charge in [0.2, 0.25) is 6.41 Å². The summed E-state index contributed by atoms with van der Waals surface area (Å²) in [7, 11) is 0. The van der Waals surface area contributed by atoms with Crippen LogP contribution in [0, 0.1) is 6.73 Å². The second-order valence-corrected chi connectivity index (χ2v) is 0.797. The van der Waals surface area contributed by atoms with E-state index in [1.807, 2.05) is 0 Å². The Morgan fingerprint density at radius 2 is 2.38 bits per heavy atom. The number of rotatable bonds is 3. The molecule has 0 atom stereocenters. The number of carbonyl (C=O) groups excluding carboxylic acids is 2. The molecule has 0 aromatic heterocycles. The van der Waals surface area contributed by atoms with Gasteiger partial charge in [-0.1, -0.05) is 0 Å². The van der Waals surface area contributed by atoms with Gasteiger partial charge in [0.1, 0.15) is 0 Å². The summed E-state index contributed by atoms with van der Waals surface area (Å²) in [6, 6.07) is 0. The maximum atomic E-state index is 9.67. The minimum absolute atomic E-state index is 0.225. The SMILES string of the molecule is NC(=O)O[CH][N]C=O. The Labute approximate surface area is 45.8 Å².